The zero-order chi connectivity index (χ0) is 17.8. The molecule has 3 nitrogen and oxygen atoms in total. The highest BCUT2D eigenvalue weighted by molar-refractivity contribution is 7.98. The van der Waals surface area contributed by atoms with Crippen LogP contribution >= 0.6 is 11.8 Å². The van der Waals surface area contributed by atoms with Gasteiger partial charge in [0.2, 0.25) is 0 Å². The number of aromatic hydroxyl groups is 1. The summed E-state index contributed by atoms with van der Waals surface area (Å²) in [5.74, 6) is 2.40. The number of aromatic nitrogens is 1. The summed E-state index contributed by atoms with van der Waals surface area (Å²) < 4.78 is 0. The van der Waals surface area contributed by atoms with Crippen molar-refractivity contribution in [1.29, 1.82) is 0 Å². The van der Waals surface area contributed by atoms with E-state index in [9.17, 15) is 5.11 Å². The van der Waals surface area contributed by atoms with Crippen molar-refractivity contribution in [2.45, 2.75) is 12.2 Å². The molecule has 0 saturated heterocycles. The van der Waals surface area contributed by atoms with Gasteiger partial charge in [-0.25, -0.2) is 0 Å². The molecule has 0 fully saturated rings. The summed E-state index contributed by atoms with van der Waals surface area (Å²) in [7, 11) is 0. The molecule has 4 heteroatoms. The number of benzene rings is 2. The molecule has 0 radical (unpaired) electrons. The summed E-state index contributed by atoms with van der Waals surface area (Å²) in [6.07, 6.45) is 5.53. The molecule has 4 rings (SSSR count). The second-order valence-corrected chi connectivity index (χ2v) is 7.82. The Bertz CT molecular complexity index is 901. The monoisotopic (exact) mass is 364 g/mol. The largest absolute Gasteiger partial charge is 0.507 e. The van der Waals surface area contributed by atoms with Crippen molar-refractivity contribution in [2.24, 2.45) is 0 Å². The summed E-state index contributed by atoms with van der Waals surface area (Å²) in [6, 6.07) is 16.3. The highest BCUT2D eigenvalue weighted by Gasteiger charge is 2.13. The van der Waals surface area contributed by atoms with E-state index in [1.165, 1.54) is 16.7 Å². The lowest BCUT2D eigenvalue weighted by Crippen LogP contribution is -2.30. The molecule has 2 N–H and O–H groups in total. The Balaban J connectivity index is 1.26. The zero-order valence-electron chi connectivity index (χ0n) is 14.8. The Kier molecular flexibility index (Phi) is 5.32. The number of hydrogen-bond donors (Lipinski definition) is 2. The Labute approximate surface area is 158 Å². The van der Waals surface area contributed by atoms with Crippen molar-refractivity contribution in [3.8, 4) is 5.75 Å². The number of fused-ring (bicyclic) bond motifs is 1. The maximum Gasteiger partial charge on any atom is 0.125 e. The van der Waals surface area contributed by atoms with Gasteiger partial charge in [-0.15, -0.1) is 0 Å². The number of nitrogens with one attached hydrogen (secondary N) is 1. The lowest BCUT2D eigenvalue weighted by molar-refractivity contribution is 0.321. The van der Waals surface area contributed by atoms with Crippen molar-refractivity contribution in [1.82, 2.24) is 9.88 Å². The molecule has 26 heavy (non-hydrogen) atoms. The van der Waals surface area contributed by atoms with Crippen molar-refractivity contribution >= 4 is 28.2 Å². The normalized spacial score (nSPS) is 15.3. The molecule has 3 aromatic rings. The van der Waals surface area contributed by atoms with Gasteiger partial charge in [-0.3, -0.25) is 4.90 Å². The second kappa shape index (κ2) is 8.02. The van der Waals surface area contributed by atoms with Gasteiger partial charge in [0, 0.05) is 48.2 Å². The van der Waals surface area contributed by atoms with E-state index in [-0.39, 0.29) is 0 Å². The quantitative estimate of drug-likeness (QED) is 0.611. The van der Waals surface area contributed by atoms with E-state index >= 15 is 0 Å². The fourth-order valence-electron chi connectivity index (χ4n) is 3.55. The van der Waals surface area contributed by atoms with E-state index in [1.54, 1.807) is 6.07 Å². The lowest BCUT2D eigenvalue weighted by Gasteiger charge is -2.26. The number of nitrogens with zero attached hydrogens (tertiary/aromatic N) is 1. The van der Waals surface area contributed by atoms with Crippen LogP contribution in [0, 0.1) is 0 Å². The number of phenolic OH excluding ortho intramolecular Hbond substituents is 1. The molecule has 2 aromatic carbocycles. The Morgan fingerprint density at radius 2 is 1.96 bits per heavy atom. The Hall–Kier alpha value is -2.17. The molecule has 0 aliphatic carbocycles. The first-order chi connectivity index (χ1) is 12.8. The van der Waals surface area contributed by atoms with Crippen LogP contribution in [-0.2, 0) is 5.75 Å². The number of thioether (sulfide) groups is 1. The molecule has 0 unspecified atom stereocenters. The lowest BCUT2D eigenvalue weighted by atomic mass is 10.00. The molecule has 0 atom stereocenters. The van der Waals surface area contributed by atoms with Gasteiger partial charge in [0.1, 0.15) is 5.75 Å². The zero-order valence-corrected chi connectivity index (χ0v) is 15.6. The van der Waals surface area contributed by atoms with Gasteiger partial charge in [0.05, 0.1) is 0 Å². The van der Waals surface area contributed by atoms with E-state index in [4.69, 9.17) is 0 Å². The van der Waals surface area contributed by atoms with Crippen LogP contribution in [0.15, 0.2) is 60.8 Å². The first kappa shape index (κ1) is 17.3. The standard InChI is InChI=1S/C22H24N2OS/c25-21-8-4-7-20-22(21)19(15-23-20)16-26-14-13-24-11-9-18(10-12-24)17-5-2-1-3-6-17/h1-9,15,23,25H,10-14,16H2. The maximum atomic E-state index is 10.1. The molecule has 0 bridgehead atoms. The summed E-state index contributed by atoms with van der Waals surface area (Å²) >= 11 is 1.93. The number of aromatic amines is 1. The molecular weight excluding hydrogens is 340 g/mol. The smallest absolute Gasteiger partial charge is 0.125 e. The molecule has 1 aliphatic rings. The van der Waals surface area contributed by atoms with Gasteiger partial charge in [-0.2, -0.15) is 11.8 Å². The minimum absolute atomic E-state index is 0.369. The third-order valence-electron chi connectivity index (χ3n) is 5.01. The third kappa shape index (κ3) is 3.81. The fraction of sp³-hybridized carbons (Fsp3) is 0.273. The average Bonchev–Trinajstić information content (AvgIpc) is 3.11. The Morgan fingerprint density at radius 3 is 2.77 bits per heavy atom. The number of H-pyrrole nitrogens is 1. The second-order valence-electron chi connectivity index (χ2n) is 6.71. The fourth-order valence-corrected chi connectivity index (χ4v) is 4.53. The van der Waals surface area contributed by atoms with Crippen LogP contribution in [-0.4, -0.2) is 40.4 Å². The van der Waals surface area contributed by atoms with Crippen LogP contribution in [0.25, 0.3) is 16.5 Å². The van der Waals surface area contributed by atoms with Crippen LogP contribution in [0.3, 0.4) is 0 Å². The summed E-state index contributed by atoms with van der Waals surface area (Å²) in [5.41, 5.74) is 5.03. The average molecular weight is 365 g/mol. The van der Waals surface area contributed by atoms with Gasteiger partial charge in [-0.1, -0.05) is 42.5 Å². The van der Waals surface area contributed by atoms with Gasteiger partial charge in [-0.05, 0) is 35.3 Å². The van der Waals surface area contributed by atoms with Crippen LogP contribution in [0.1, 0.15) is 17.5 Å². The van der Waals surface area contributed by atoms with E-state index in [1.807, 2.05) is 30.1 Å². The molecule has 0 spiro atoms. The number of hydrogen-bond acceptors (Lipinski definition) is 3. The predicted octanol–water partition coefficient (Wildman–Crippen LogP) is 4.90. The molecule has 0 saturated carbocycles. The van der Waals surface area contributed by atoms with Crippen LogP contribution < -0.4 is 0 Å². The van der Waals surface area contributed by atoms with E-state index in [0.717, 1.165) is 48.5 Å². The van der Waals surface area contributed by atoms with E-state index < -0.39 is 0 Å². The number of rotatable bonds is 6. The van der Waals surface area contributed by atoms with Gasteiger partial charge in [0.25, 0.3) is 0 Å². The van der Waals surface area contributed by atoms with Gasteiger partial charge < -0.3 is 10.1 Å². The molecule has 134 valence electrons. The van der Waals surface area contributed by atoms with Crippen LogP contribution in [0.5, 0.6) is 5.75 Å². The van der Waals surface area contributed by atoms with Crippen molar-refractivity contribution in [2.75, 3.05) is 25.4 Å². The highest BCUT2D eigenvalue weighted by atomic mass is 32.2. The molecule has 1 aromatic heterocycles. The van der Waals surface area contributed by atoms with E-state index in [2.05, 4.69) is 46.3 Å². The van der Waals surface area contributed by atoms with E-state index in [0.29, 0.717) is 5.75 Å². The minimum atomic E-state index is 0.369. The highest BCUT2D eigenvalue weighted by Crippen LogP contribution is 2.30. The first-order valence-electron chi connectivity index (χ1n) is 9.14. The van der Waals surface area contributed by atoms with Crippen LogP contribution in [0.2, 0.25) is 0 Å². The van der Waals surface area contributed by atoms with Crippen molar-refractivity contribution < 1.29 is 5.11 Å². The van der Waals surface area contributed by atoms with Gasteiger partial charge in [0.15, 0.2) is 0 Å². The molecule has 0 amide bonds. The summed E-state index contributed by atoms with van der Waals surface area (Å²) in [4.78, 5) is 5.77. The Morgan fingerprint density at radius 1 is 1.08 bits per heavy atom. The molecule has 2 heterocycles. The molecular formula is C22H24N2OS. The van der Waals surface area contributed by atoms with Crippen LogP contribution in [0.4, 0.5) is 0 Å². The summed E-state index contributed by atoms with van der Waals surface area (Å²) in [5, 5.41) is 11.0. The van der Waals surface area contributed by atoms with Crippen molar-refractivity contribution in [3.05, 3.63) is 71.9 Å². The number of phenols is 1. The first-order valence-corrected chi connectivity index (χ1v) is 10.3. The third-order valence-corrected chi connectivity index (χ3v) is 6.00. The maximum absolute atomic E-state index is 10.1. The topological polar surface area (TPSA) is 39.3 Å². The van der Waals surface area contributed by atoms with Crippen molar-refractivity contribution in [3.63, 3.8) is 0 Å². The minimum Gasteiger partial charge on any atom is -0.507 e. The SMILES string of the molecule is Oc1cccc2[nH]cc(CSCCN3CC=C(c4ccccc4)CC3)c12. The predicted molar refractivity (Wildman–Crippen MR) is 112 cm³/mol. The molecule has 1 aliphatic heterocycles. The summed E-state index contributed by atoms with van der Waals surface area (Å²) in [6.45, 7) is 3.28. The van der Waals surface area contributed by atoms with Gasteiger partial charge >= 0.3 is 0 Å².